The number of hydrogen-bond donors (Lipinski definition) is 0. The fourth-order valence-corrected chi connectivity index (χ4v) is 10.00. The molecule has 0 aromatic carbocycles. The molecule has 0 N–H and O–H groups in total. The molecule has 0 saturated carbocycles. The zero-order valence-corrected chi connectivity index (χ0v) is 15.7. The average Bonchev–Trinajstić information content (AvgIpc) is 2.63. The van der Waals surface area contributed by atoms with E-state index in [4.69, 9.17) is 4.43 Å². The van der Waals surface area contributed by atoms with E-state index in [2.05, 4.69) is 68.9 Å². The van der Waals surface area contributed by atoms with Crippen molar-refractivity contribution in [2.24, 2.45) is 0 Å². The Bertz CT molecular complexity index is 352. The summed E-state index contributed by atoms with van der Waals surface area (Å²) in [6.45, 7) is 14.7. The van der Waals surface area contributed by atoms with Gasteiger partial charge in [0.1, 0.15) is 0 Å². The fraction of sp³-hybridized carbons (Fsp3) is 0.714. The highest BCUT2D eigenvalue weighted by Crippen LogP contribution is 2.43. The minimum absolute atomic E-state index is 0.649. The Hall–Kier alpha value is 0.357. The SMILES string of the molecule is CC(C)[Si](OCc1sccc1Br)(C(C)C)C(C)C. The van der Waals surface area contributed by atoms with Crippen molar-refractivity contribution in [3.05, 3.63) is 20.8 Å². The Balaban J connectivity index is 2.89. The molecule has 4 heteroatoms. The van der Waals surface area contributed by atoms with E-state index >= 15 is 0 Å². The highest BCUT2D eigenvalue weighted by Gasteiger charge is 2.45. The van der Waals surface area contributed by atoms with Crippen molar-refractivity contribution < 1.29 is 4.43 Å². The van der Waals surface area contributed by atoms with Crippen LogP contribution in [0.5, 0.6) is 0 Å². The van der Waals surface area contributed by atoms with Crippen LogP contribution in [-0.2, 0) is 11.0 Å². The molecule has 0 amide bonds. The van der Waals surface area contributed by atoms with E-state index in [9.17, 15) is 0 Å². The third-order valence-corrected chi connectivity index (χ3v) is 11.8. The summed E-state index contributed by atoms with van der Waals surface area (Å²) in [4.78, 5) is 1.31. The molecular formula is C14H25BrOSSi. The monoisotopic (exact) mass is 348 g/mol. The zero-order chi connectivity index (χ0) is 13.9. The summed E-state index contributed by atoms with van der Waals surface area (Å²) in [5, 5.41) is 2.12. The molecule has 1 rings (SSSR count). The van der Waals surface area contributed by atoms with Gasteiger partial charge < -0.3 is 4.43 Å². The summed E-state index contributed by atoms with van der Waals surface area (Å²) < 4.78 is 7.75. The molecule has 1 nitrogen and oxygen atoms in total. The Morgan fingerprint density at radius 3 is 1.94 bits per heavy atom. The summed E-state index contributed by atoms with van der Waals surface area (Å²) in [7, 11) is -1.72. The van der Waals surface area contributed by atoms with Crippen LogP contribution in [0.25, 0.3) is 0 Å². The first-order valence-electron chi connectivity index (χ1n) is 6.68. The van der Waals surface area contributed by atoms with Gasteiger partial charge in [0.15, 0.2) is 0 Å². The second-order valence-electron chi connectivity index (χ2n) is 5.80. The second kappa shape index (κ2) is 6.68. The van der Waals surface area contributed by atoms with Gasteiger partial charge in [0.25, 0.3) is 0 Å². The van der Waals surface area contributed by atoms with Crippen molar-refractivity contribution in [1.82, 2.24) is 0 Å². The summed E-state index contributed by atoms with van der Waals surface area (Å²) in [6, 6.07) is 2.10. The summed E-state index contributed by atoms with van der Waals surface area (Å²) in [5.74, 6) is 0. The van der Waals surface area contributed by atoms with Gasteiger partial charge in [0.2, 0.25) is 8.32 Å². The van der Waals surface area contributed by atoms with Gasteiger partial charge >= 0.3 is 0 Å². The molecule has 1 aromatic heterocycles. The maximum absolute atomic E-state index is 6.56. The van der Waals surface area contributed by atoms with Crippen LogP contribution in [0.15, 0.2) is 15.9 Å². The van der Waals surface area contributed by atoms with Crippen LogP contribution in [0, 0.1) is 0 Å². The number of rotatable bonds is 6. The molecule has 0 atom stereocenters. The maximum atomic E-state index is 6.56. The third kappa shape index (κ3) is 3.27. The minimum Gasteiger partial charge on any atom is -0.411 e. The molecule has 1 heterocycles. The van der Waals surface area contributed by atoms with Crippen molar-refractivity contribution in [3.63, 3.8) is 0 Å². The molecule has 0 aliphatic rings. The standard InChI is InChI=1S/C14H25BrOSSi/c1-10(2)18(11(3)4,12(5)6)16-9-14-13(15)7-8-17-14/h7-8,10-12H,9H2,1-6H3. The smallest absolute Gasteiger partial charge is 0.200 e. The number of hydrogen-bond acceptors (Lipinski definition) is 2. The van der Waals surface area contributed by atoms with Gasteiger partial charge in [-0.25, -0.2) is 0 Å². The Labute approximate surface area is 125 Å². The largest absolute Gasteiger partial charge is 0.411 e. The van der Waals surface area contributed by atoms with Crippen LogP contribution in [0.1, 0.15) is 46.4 Å². The molecule has 18 heavy (non-hydrogen) atoms. The molecular weight excluding hydrogens is 324 g/mol. The van der Waals surface area contributed by atoms with Gasteiger partial charge in [-0.1, -0.05) is 41.5 Å². The molecule has 0 aliphatic carbocycles. The van der Waals surface area contributed by atoms with E-state index in [0.29, 0.717) is 16.6 Å². The van der Waals surface area contributed by atoms with Gasteiger partial charge in [-0.3, -0.25) is 0 Å². The first-order chi connectivity index (χ1) is 8.32. The zero-order valence-electron chi connectivity index (χ0n) is 12.3. The topological polar surface area (TPSA) is 9.23 Å². The highest BCUT2D eigenvalue weighted by molar-refractivity contribution is 9.10. The first kappa shape index (κ1) is 16.4. The van der Waals surface area contributed by atoms with Crippen LogP contribution in [0.2, 0.25) is 16.6 Å². The average molecular weight is 349 g/mol. The summed E-state index contributed by atoms with van der Waals surface area (Å²) in [5.41, 5.74) is 1.95. The molecule has 0 saturated heterocycles. The maximum Gasteiger partial charge on any atom is 0.200 e. The normalized spacial score (nSPS) is 13.0. The predicted molar refractivity (Wildman–Crippen MR) is 87.9 cm³/mol. The van der Waals surface area contributed by atoms with E-state index in [-0.39, 0.29) is 0 Å². The lowest BCUT2D eigenvalue weighted by molar-refractivity contribution is 0.268. The number of thiophene rings is 1. The fourth-order valence-electron chi connectivity index (χ4n) is 3.12. The van der Waals surface area contributed by atoms with Gasteiger partial charge in [0, 0.05) is 9.35 Å². The van der Waals surface area contributed by atoms with E-state index < -0.39 is 8.32 Å². The van der Waals surface area contributed by atoms with E-state index in [1.54, 1.807) is 11.3 Å². The predicted octanol–water partition coefficient (Wildman–Crippen LogP) is 6.20. The van der Waals surface area contributed by atoms with Gasteiger partial charge in [-0.05, 0) is 44.0 Å². The van der Waals surface area contributed by atoms with E-state index in [0.717, 1.165) is 6.61 Å². The van der Waals surface area contributed by atoms with Gasteiger partial charge in [0.05, 0.1) is 6.61 Å². The van der Waals surface area contributed by atoms with Crippen LogP contribution in [0.4, 0.5) is 0 Å². The Morgan fingerprint density at radius 2 is 1.61 bits per heavy atom. The lowest BCUT2D eigenvalue weighted by Gasteiger charge is -2.42. The first-order valence-corrected chi connectivity index (χ1v) is 10.5. The van der Waals surface area contributed by atoms with Crippen molar-refractivity contribution in [2.45, 2.75) is 64.8 Å². The quantitative estimate of drug-likeness (QED) is 0.555. The van der Waals surface area contributed by atoms with Crippen molar-refractivity contribution in [3.8, 4) is 0 Å². The molecule has 1 aromatic rings. The lowest BCUT2D eigenvalue weighted by Crippen LogP contribution is -2.47. The summed E-state index contributed by atoms with van der Waals surface area (Å²) in [6.07, 6.45) is 0. The van der Waals surface area contributed by atoms with Crippen molar-refractivity contribution in [2.75, 3.05) is 0 Å². The lowest BCUT2D eigenvalue weighted by atomic mass is 10.5. The summed E-state index contributed by atoms with van der Waals surface area (Å²) >= 11 is 5.37. The molecule has 104 valence electrons. The number of halogens is 1. The molecule has 0 fully saturated rings. The molecule has 0 aliphatic heterocycles. The highest BCUT2D eigenvalue weighted by atomic mass is 79.9. The molecule has 0 spiro atoms. The second-order valence-corrected chi connectivity index (χ2v) is 13.1. The van der Waals surface area contributed by atoms with Gasteiger partial charge in [-0.15, -0.1) is 11.3 Å². The third-order valence-electron chi connectivity index (χ3n) is 3.85. The van der Waals surface area contributed by atoms with E-state index in [1.165, 1.54) is 9.35 Å². The molecule has 0 radical (unpaired) electrons. The van der Waals surface area contributed by atoms with Crippen LogP contribution < -0.4 is 0 Å². The van der Waals surface area contributed by atoms with Gasteiger partial charge in [-0.2, -0.15) is 0 Å². The molecule has 0 bridgehead atoms. The minimum atomic E-state index is -1.72. The van der Waals surface area contributed by atoms with E-state index in [1.807, 2.05) is 0 Å². The Morgan fingerprint density at radius 1 is 1.11 bits per heavy atom. The molecule has 0 unspecified atom stereocenters. The van der Waals surface area contributed by atoms with Crippen LogP contribution >= 0.6 is 27.3 Å². The van der Waals surface area contributed by atoms with Crippen LogP contribution in [-0.4, -0.2) is 8.32 Å². The van der Waals surface area contributed by atoms with Crippen LogP contribution in [0.3, 0.4) is 0 Å². The Kier molecular flexibility index (Phi) is 6.09. The van der Waals surface area contributed by atoms with Crippen molar-refractivity contribution in [1.29, 1.82) is 0 Å². The van der Waals surface area contributed by atoms with Crippen molar-refractivity contribution >= 4 is 35.6 Å².